The molecule has 1 amide bonds. The molecule has 0 aromatic carbocycles. The van der Waals surface area contributed by atoms with Gasteiger partial charge in [0, 0.05) is 16.9 Å². The van der Waals surface area contributed by atoms with Crippen molar-refractivity contribution >= 4 is 35.5 Å². The molecule has 0 bridgehead atoms. The second kappa shape index (κ2) is 7.80. The van der Waals surface area contributed by atoms with Crippen molar-refractivity contribution in [3.63, 3.8) is 0 Å². The molecule has 0 aliphatic heterocycles. The van der Waals surface area contributed by atoms with Crippen molar-refractivity contribution in [2.75, 3.05) is 5.32 Å². The van der Waals surface area contributed by atoms with Crippen LogP contribution in [0.3, 0.4) is 0 Å². The van der Waals surface area contributed by atoms with E-state index in [9.17, 15) is 4.79 Å². The number of nitrogens with one attached hydrogen (secondary N) is 1. The van der Waals surface area contributed by atoms with Crippen molar-refractivity contribution in [3.8, 4) is 0 Å². The average Bonchev–Trinajstić information content (AvgIpc) is 2.69. The van der Waals surface area contributed by atoms with Gasteiger partial charge in [-0.3, -0.25) is 4.79 Å². The number of rotatable bonds is 3. The van der Waals surface area contributed by atoms with Crippen LogP contribution in [-0.2, 0) is 4.79 Å². The Bertz CT molecular complexity index is 676. The Morgan fingerprint density at radius 2 is 2.04 bits per heavy atom. The number of hydrogen-bond donors (Lipinski definition) is 1. The molecular weight excluding hydrogens is 320 g/mol. The van der Waals surface area contributed by atoms with Crippen molar-refractivity contribution in [2.24, 2.45) is 11.3 Å². The van der Waals surface area contributed by atoms with Gasteiger partial charge in [-0.25, -0.2) is 4.98 Å². The molecule has 2 aliphatic carbocycles. The van der Waals surface area contributed by atoms with E-state index in [1.165, 1.54) is 0 Å². The normalized spacial score (nSPS) is 21.8. The van der Waals surface area contributed by atoms with Gasteiger partial charge in [0.15, 0.2) is 5.82 Å². The fraction of sp³-hybridized carbons (Fsp3) is 0.400. The predicted molar refractivity (Wildman–Crippen MR) is 103 cm³/mol. The number of hydrogen-bond acceptors (Lipinski definition) is 2. The van der Waals surface area contributed by atoms with Crippen molar-refractivity contribution < 1.29 is 4.79 Å². The maximum atomic E-state index is 12.1. The minimum Gasteiger partial charge on any atom is -0.309 e. The highest BCUT2D eigenvalue weighted by Crippen LogP contribution is 2.34. The minimum atomic E-state index is 0.0303. The van der Waals surface area contributed by atoms with Gasteiger partial charge >= 0.3 is 0 Å². The fourth-order valence-electron chi connectivity index (χ4n) is 2.60. The molecule has 0 spiro atoms. The Labute approximate surface area is 149 Å². The van der Waals surface area contributed by atoms with Crippen LogP contribution in [-0.4, -0.2) is 10.9 Å². The van der Waals surface area contributed by atoms with E-state index in [-0.39, 0.29) is 17.2 Å². The molecule has 24 heavy (non-hydrogen) atoms. The number of pyridine rings is 1. The summed E-state index contributed by atoms with van der Waals surface area (Å²) in [4.78, 5) is 16.6. The van der Waals surface area contributed by atoms with Gasteiger partial charge in [0.05, 0.1) is 10.7 Å². The number of carbonyl (C=O) groups excluding carboxylic acids is 1. The fourth-order valence-corrected chi connectivity index (χ4v) is 2.81. The number of fused-ring (bicyclic) bond motifs is 1. The van der Waals surface area contributed by atoms with Gasteiger partial charge in [-0.15, -0.1) is 13.2 Å². The first-order valence-electron chi connectivity index (χ1n) is 8.40. The topological polar surface area (TPSA) is 42.0 Å². The maximum absolute atomic E-state index is 12.1. The average molecular weight is 345 g/mol. The first kappa shape index (κ1) is 18.5. The van der Waals surface area contributed by atoms with E-state index >= 15 is 0 Å². The molecule has 3 rings (SSSR count). The highest BCUT2D eigenvalue weighted by Gasteiger charge is 2.26. The summed E-state index contributed by atoms with van der Waals surface area (Å²) in [6.45, 7) is 10.3. The lowest BCUT2D eigenvalue weighted by molar-refractivity contribution is -0.122. The van der Waals surface area contributed by atoms with Crippen molar-refractivity contribution in [1.82, 2.24) is 4.98 Å². The number of allylic oxidation sites excluding steroid dienone is 2. The smallest absolute Gasteiger partial charge is 0.228 e. The zero-order valence-corrected chi connectivity index (χ0v) is 15.2. The van der Waals surface area contributed by atoms with E-state index in [4.69, 9.17) is 11.6 Å². The zero-order valence-electron chi connectivity index (χ0n) is 14.4. The number of nitrogens with zero attached hydrogens (tertiary/aromatic N) is 1. The molecule has 128 valence electrons. The lowest BCUT2D eigenvalue weighted by atomic mass is 9.85. The van der Waals surface area contributed by atoms with Crippen LogP contribution in [0.15, 0.2) is 31.4 Å². The first-order valence-corrected chi connectivity index (χ1v) is 8.78. The first-order chi connectivity index (χ1) is 11.5. The molecule has 0 radical (unpaired) electrons. The Morgan fingerprint density at radius 1 is 1.38 bits per heavy atom. The van der Waals surface area contributed by atoms with Crippen LogP contribution in [0.4, 0.5) is 5.82 Å². The van der Waals surface area contributed by atoms with Gasteiger partial charge in [-0.05, 0) is 31.4 Å². The second-order valence-corrected chi connectivity index (χ2v) is 6.84. The van der Waals surface area contributed by atoms with Crippen LogP contribution in [0, 0.1) is 11.3 Å². The second-order valence-electron chi connectivity index (χ2n) is 6.44. The van der Waals surface area contributed by atoms with Gasteiger partial charge in [-0.1, -0.05) is 50.1 Å². The molecule has 4 heteroatoms. The number of carbonyl (C=O) groups is 1. The molecule has 1 saturated carbocycles. The Morgan fingerprint density at radius 3 is 2.62 bits per heavy atom. The molecule has 0 saturated heterocycles. The lowest BCUT2D eigenvalue weighted by Crippen LogP contribution is -2.28. The zero-order chi connectivity index (χ0) is 17.7. The highest BCUT2D eigenvalue weighted by atomic mass is 35.5. The number of halogens is 1. The maximum Gasteiger partial charge on any atom is 0.228 e. The van der Waals surface area contributed by atoms with Crippen molar-refractivity contribution in [2.45, 2.75) is 39.5 Å². The summed E-state index contributed by atoms with van der Waals surface area (Å²) >= 11 is 6.29. The quantitative estimate of drug-likeness (QED) is 0.711. The summed E-state index contributed by atoms with van der Waals surface area (Å²) in [5, 5.41) is 3.37. The molecule has 1 aromatic heterocycles. The third kappa shape index (κ3) is 3.96. The standard InChI is InChI=1S/C18H21ClN2O.C2H4/c1-3-18(2)9-7-13-11-14(19)16(20-15(13)8-10-18)21-17(22)12-5-4-6-12;1-2/h7-12H,3-6H2,1-2H3,(H,20,21,22);1-2H2. The van der Waals surface area contributed by atoms with Gasteiger partial charge in [-0.2, -0.15) is 0 Å². The molecule has 1 unspecified atom stereocenters. The van der Waals surface area contributed by atoms with Crippen LogP contribution >= 0.6 is 11.6 Å². The van der Waals surface area contributed by atoms with E-state index in [2.05, 4.69) is 55.5 Å². The Balaban J connectivity index is 0.00000100. The number of anilines is 1. The van der Waals surface area contributed by atoms with Gasteiger partial charge in [0.1, 0.15) is 0 Å². The van der Waals surface area contributed by atoms with Crippen molar-refractivity contribution in [3.05, 3.63) is 47.7 Å². The monoisotopic (exact) mass is 344 g/mol. The highest BCUT2D eigenvalue weighted by molar-refractivity contribution is 6.33. The summed E-state index contributed by atoms with van der Waals surface area (Å²) in [5.74, 6) is 0.623. The number of aromatic nitrogens is 1. The molecule has 1 aromatic rings. The SMILES string of the molecule is C=C.CCC1(C)C=Cc2cc(Cl)c(NC(=O)C3CCC3)nc2C=C1. The van der Waals surface area contributed by atoms with E-state index in [1.54, 1.807) is 0 Å². The van der Waals surface area contributed by atoms with Gasteiger partial charge in [0.25, 0.3) is 0 Å². The molecule has 1 N–H and O–H groups in total. The molecular formula is C20H25ClN2O. The summed E-state index contributed by atoms with van der Waals surface area (Å²) in [5.41, 5.74) is 1.87. The summed E-state index contributed by atoms with van der Waals surface area (Å²) in [6, 6.07) is 1.88. The van der Waals surface area contributed by atoms with Crippen LogP contribution in [0.1, 0.15) is 50.8 Å². The number of amides is 1. The van der Waals surface area contributed by atoms with Crippen molar-refractivity contribution in [1.29, 1.82) is 0 Å². The lowest BCUT2D eigenvalue weighted by Gasteiger charge is -2.24. The summed E-state index contributed by atoms with van der Waals surface area (Å²) in [7, 11) is 0. The Hall–Kier alpha value is -1.87. The molecule has 1 fully saturated rings. The Kier molecular flexibility index (Phi) is 6.00. The molecule has 2 aliphatic rings. The summed E-state index contributed by atoms with van der Waals surface area (Å²) < 4.78 is 0. The van der Waals surface area contributed by atoms with Crippen LogP contribution < -0.4 is 5.32 Å². The molecule has 3 nitrogen and oxygen atoms in total. The van der Waals surface area contributed by atoms with Gasteiger partial charge < -0.3 is 5.32 Å². The minimum absolute atomic E-state index is 0.0303. The third-order valence-electron chi connectivity index (χ3n) is 4.78. The van der Waals surface area contributed by atoms with E-state index < -0.39 is 0 Å². The summed E-state index contributed by atoms with van der Waals surface area (Å²) in [6.07, 6.45) is 12.5. The van der Waals surface area contributed by atoms with Crippen LogP contribution in [0.5, 0.6) is 0 Å². The van der Waals surface area contributed by atoms with E-state index in [0.29, 0.717) is 10.8 Å². The van der Waals surface area contributed by atoms with Crippen LogP contribution in [0.2, 0.25) is 5.02 Å². The predicted octanol–water partition coefficient (Wildman–Crippen LogP) is 5.73. The molecule has 1 atom stereocenters. The van der Waals surface area contributed by atoms with E-state index in [1.807, 2.05) is 12.1 Å². The third-order valence-corrected chi connectivity index (χ3v) is 5.07. The largest absolute Gasteiger partial charge is 0.309 e. The van der Waals surface area contributed by atoms with Gasteiger partial charge in [0.2, 0.25) is 5.91 Å². The van der Waals surface area contributed by atoms with E-state index in [0.717, 1.165) is 36.9 Å². The molecule has 1 heterocycles. The van der Waals surface area contributed by atoms with Crippen LogP contribution in [0.25, 0.3) is 12.2 Å².